The fraction of sp³-hybridized carbons (Fsp3) is 0.933. The van der Waals surface area contributed by atoms with E-state index in [1.807, 2.05) is 0 Å². The lowest BCUT2D eigenvalue weighted by molar-refractivity contribution is -0.143. The molecule has 0 aromatic rings. The Kier molecular flexibility index (Phi) is 3.56. The number of nitrogens with two attached hydrogens (primary N) is 1. The number of carboxylic acid groups (broad SMARTS) is 1. The average molecular weight is 266 g/mol. The Bertz CT molecular complexity index is 360. The molecule has 0 radical (unpaired) electrons. The number of carbonyl (C=O) groups is 1. The predicted molar refractivity (Wildman–Crippen MR) is 73.8 cm³/mol. The van der Waals surface area contributed by atoms with Crippen LogP contribution in [-0.2, 0) is 4.79 Å². The van der Waals surface area contributed by atoms with Crippen LogP contribution in [0.15, 0.2) is 0 Å². The molecule has 3 aliphatic rings. The van der Waals surface area contributed by atoms with Gasteiger partial charge in [0.25, 0.3) is 0 Å². The standard InChI is InChI=1S/C15H26N2O2/c16-15(14(18)19)7-5-13(9-15)17-8-6-11-3-1-2-4-12(11)10-17/h11-13H,1-10,16H2,(H,18,19). The van der Waals surface area contributed by atoms with Crippen molar-refractivity contribution in [1.29, 1.82) is 0 Å². The Morgan fingerprint density at radius 2 is 1.89 bits per heavy atom. The molecule has 2 aliphatic carbocycles. The van der Waals surface area contributed by atoms with Crippen LogP contribution >= 0.6 is 0 Å². The third-order valence-electron chi connectivity index (χ3n) is 5.79. The molecule has 108 valence electrons. The second-order valence-electron chi connectivity index (χ2n) is 6.95. The topological polar surface area (TPSA) is 66.6 Å². The van der Waals surface area contributed by atoms with Crippen LogP contribution in [0.25, 0.3) is 0 Å². The van der Waals surface area contributed by atoms with Crippen molar-refractivity contribution < 1.29 is 9.90 Å². The largest absolute Gasteiger partial charge is 0.480 e. The molecule has 3 rings (SSSR count). The minimum absolute atomic E-state index is 0.406. The van der Waals surface area contributed by atoms with E-state index in [0.29, 0.717) is 18.9 Å². The van der Waals surface area contributed by atoms with E-state index < -0.39 is 11.5 Å². The van der Waals surface area contributed by atoms with Crippen molar-refractivity contribution in [2.24, 2.45) is 17.6 Å². The second-order valence-corrected chi connectivity index (χ2v) is 6.95. The van der Waals surface area contributed by atoms with Crippen molar-refractivity contribution in [3.8, 4) is 0 Å². The molecule has 0 amide bonds. The highest BCUT2D eigenvalue weighted by Gasteiger charge is 2.45. The smallest absolute Gasteiger partial charge is 0.323 e. The zero-order chi connectivity index (χ0) is 13.5. The van der Waals surface area contributed by atoms with Gasteiger partial charge in [0.1, 0.15) is 5.54 Å². The van der Waals surface area contributed by atoms with Crippen LogP contribution in [0.2, 0.25) is 0 Å². The van der Waals surface area contributed by atoms with Gasteiger partial charge in [-0.2, -0.15) is 0 Å². The molecule has 4 nitrogen and oxygen atoms in total. The zero-order valence-electron chi connectivity index (χ0n) is 11.7. The summed E-state index contributed by atoms with van der Waals surface area (Å²) < 4.78 is 0. The van der Waals surface area contributed by atoms with Crippen LogP contribution in [0, 0.1) is 11.8 Å². The lowest BCUT2D eigenvalue weighted by atomic mass is 9.75. The molecule has 3 N–H and O–H groups in total. The van der Waals surface area contributed by atoms with E-state index in [1.165, 1.54) is 38.6 Å². The summed E-state index contributed by atoms with van der Waals surface area (Å²) in [7, 11) is 0. The van der Waals surface area contributed by atoms with Crippen LogP contribution in [-0.4, -0.2) is 40.6 Å². The number of hydrogen-bond donors (Lipinski definition) is 2. The first-order chi connectivity index (χ1) is 9.08. The number of nitrogens with zero attached hydrogens (tertiary/aromatic N) is 1. The van der Waals surface area contributed by atoms with Gasteiger partial charge in [-0.1, -0.05) is 19.3 Å². The molecular formula is C15H26N2O2. The van der Waals surface area contributed by atoms with Crippen molar-refractivity contribution >= 4 is 5.97 Å². The van der Waals surface area contributed by atoms with E-state index in [2.05, 4.69) is 4.90 Å². The maximum atomic E-state index is 11.2. The predicted octanol–water partition coefficient (Wildman–Crippen LogP) is 1.83. The highest BCUT2D eigenvalue weighted by molar-refractivity contribution is 5.79. The third-order valence-corrected chi connectivity index (χ3v) is 5.79. The number of likely N-dealkylation sites (tertiary alicyclic amines) is 1. The molecule has 0 aromatic carbocycles. The number of rotatable bonds is 2. The molecule has 1 saturated heterocycles. The molecule has 3 fully saturated rings. The molecule has 0 aromatic heterocycles. The summed E-state index contributed by atoms with van der Waals surface area (Å²) >= 11 is 0. The maximum Gasteiger partial charge on any atom is 0.323 e. The molecule has 4 atom stereocenters. The SMILES string of the molecule is NC1(C(=O)O)CCC(N2CCC3CCCCC3C2)C1. The molecule has 19 heavy (non-hydrogen) atoms. The van der Waals surface area contributed by atoms with Crippen LogP contribution in [0.3, 0.4) is 0 Å². The lowest BCUT2D eigenvalue weighted by Gasteiger charge is -2.43. The lowest BCUT2D eigenvalue weighted by Crippen LogP contribution is -2.50. The highest BCUT2D eigenvalue weighted by atomic mass is 16.4. The molecule has 1 heterocycles. The Labute approximate surface area is 115 Å². The van der Waals surface area contributed by atoms with E-state index in [0.717, 1.165) is 24.8 Å². The van der Waals surface area contributed by atoms with Crippen LogP contribution < -0.4 is 5.73 Å². The maximum absolute atomic E-state index is 11.2. The first-order valence-electron chi connectivity index (χ1n) is 7.85. The van der Waals surface area contributed by atoms with E-state index in [4.69, 9.17) is 5.73 Å². The summed E-state index contributed by atoms with van der Waals surface area (Å²) in [6.07, 6.45) is 9.13. The zero-order valence-corrected chi connectivity index (χ0v) is 11.7. The van der Waals surface area contributed by atoms with Gasteiger partial charge in [0.2, 0.25) is 0 Å². The molecule has 4 unspecified atom stereocenters. The van der Waals surface area contributed by atoms with E-state index in [1.54, 1.807) is 0 Å². The van der Waals surface area contributed by atoms with Gasteiger partial charge in [0.05, 0.1) is 0 Å². The monoisotopic (exact) mass is 266 g/mol. The van der Waals surface area contributed by atoms with Gasteiger partial charge in [-0.25, -0.2) is 0 Å². The van der Waals surface area contributed by atoms with E-state index >= 15 is 0 Å². The van der Waals surface area contributed by atoms with Crippen molar-refractivity contribution in [3.05, 3.63) is 0 Å². The molecule has 0 spiro atoms. The number of hydrogen-bond acceptors (Lipinski definition) is 3. The Balaban J connectivity index is 1.60. The second kappa shape index (κ2) is 5.06. The van der Waals surface area contributed by atoms with Crippen LogP contribution in [0.5, 0.6) is 0 Å². The first kappa shape index (κ1) is 13.4. The summed E-state index contributed by atoms with van der Waals surface area (Å²) in [5.74, 6) is 0.983. The molecule has 4 heteroatoms. The molecule has 1 aliphatic heterocycles. The van der Waals surface area contributed by atoms with Crippen molar-refractivity contribution in [3.63, 3.8) is 0 Å². The van der Waals surface area contributed by atoms with Crippen molar-refractivity contribution in [2.75, 3.05) is 13.1 Å². The Morgan fingerprint density at radius 3 is 2.58 bits per heavy atom. The van der Waals surface area contributed by atoms with E-state index in [9.17, 15) is 9.90 Å². The number of aliphatic carboxylic acids is 1. The first-order valence-corrected chi connectivity index (χ1v) is 7.85. The van der Waals surface area contributed by atoms with E-state index in [-0.39, 0.29) is 0 Å². The summed E-state index contributed by atoms with van der Waals surface area (Å²) in [6, 6.07) is 0.406. The number of piperidine rings is 1. The molecular weight excluding hydrogens is 240 g/mol. The molecule has 2 saturated carbocycles. The number of fused-ring (bicyclic) bond motifs is 1. The summed E-state index contributed by atoms with van der Waals surface area (Å²) in [6.45, 7) is 2.34. The van der Waals surface area contributed by atoms with Crippen LogP contribution in [0.4, 0.5) is 0 Å². The molecule has 0 bridgehead atoms. The van der Waals surface area contributed by atoms with Gasteiger partial charge in [-0.3, -0.25) is 4.79 Å². The van der Waals surface area contributed by atoms with Gasteiger partial charge in [0.15, 0.2) is 0 Å². The Hall–Kier alpha value is -0.610. The average Bonchev–Trinajstić information content (AvgIpc) is 2.82. The van der Waals surface area contributed by atoms with Crippen molar-refractivity contribution in [1.82, 2.24) is 4.90 Å². The van der Waals surface area contributed by atoms with Gasteiger partial charge in [-0.05, 0) is 50.5 Å². The fourth-order valence-electron chi connectivity index (χ4n) is 4.52. The van der Waals surface area contributed by atoms with Gasteiger partial charge in [0, 0.05) is 12.6 Å². The summed E-state index contributed by atoms with van der Waals surface area (Å²) in [5.41, 5.74) is 5.04. The van der Waals surface area contributed by atoms with Gasteiger partial charge >= 0.3 is 5.97 Å². The van der Waals surface area contributed by atoms with Crippen molar-refractivity contribution in [2.45, 2.75) is 62.9 Å². The summed E-state index contributed by atoms with van der Waals surface area (Å²) in [5, 5.41) is 9.23. The number of carboxylic acids is 1. The normalized spacial score (nSPS) is 43.9. The highest BCUT2D eigenvalue weighted by Crippen LogP contribution is 2.39. The van der Waals surface area contributed by atoms with Gasteiger partial charge < -0.3 is 15.7 Å². The quantitative estimate of drug-likeness (QED) is 0.800. The third kappa shape index (κ3) is 2.52. The van der Waals surface area contributed by atoms with Crippen LogP contribution in [0.1, 0.15) is 51.4 Å². The summed E-state index contributed by atoms with van der Waals surface area (Å²) in [4.78, 5) is 13.8. The van der Waals surface area contributed by atoms with Gasteiger partial charge in [-0.15, -0.1) is 0 Å². The Morgan fingerprint density at radius 1 is 1.16 bits per heavy atom. The minimum Gasteiger partial charge on any atom is -0.480 e. The fourth-order valence-corrected chi connectivity index (χ4v) is 4.52. The minimum atomic E-state index is -0.964.